The maximum Gasteiger partial charge on any atom is 0.262 e. The Kier molecular flexibility index (Phi) is 9.29. The molecule has 2 heterocycles. The van der Waals surface area contributed by atoms with Crippen molar-refractivity contribution in [3.05, 3.63) is 100 Å². The van der Waals surface area contributed by atoms with Gasteiger partial charge in [0.05, 0.1) is 32.1 Å². The number of hydrazone groups is 1. The summed E-state index contributed by atoms with van der Waals surface area (Å²) in [4.78, 5) is 31.5. The van der Waals surface area contributed by atoms with Gasteiger partial charge in [-0.05, 0) is 78.6 Å². The lowest BCUT2D eigenvalue weighted by atomic mass is 9.96. The van der Waals surface area contributed by atoms with Crippen molar-refractivity contribution < 1.29 is 23.5 Å². The van der Waals surface area contributed by atoms with Crippen LogP contribution < -0.4 is 4.74 Å². The second-order valence-corrected chi connectivity index (χ2v) is 10.8. The van der Waals surface area contributed by atoms with Crippen LogP contribution in [-0.4, -0.2) is 85.4 Å². The molecule has 0 N–H and O–H groups in total. The highest BCUT2D eigenvalue weighted by atomic mass is 19.1. The number of nitrogens with zero attached hydrogens (tertiary/aromatic N) is 4. The number of halogens is 1. The van der Waals surface area contributed by atoms with E-state index < -0.39 is 6.04 Å². The van der Waals surface area contributed by atoms with E-state index in [1.54, 1.807) is 48.4 Å². The fraction of sp³-hybridized carbons (Fsp3) is 0.364. The van der Waals surface area contributed by atoms with Crippen LogP contribution in [0.4, 0.5) is 4.39 Å². The van der Waals surface area contributed by atoms with Crippen LogP contribution in [0.3, 0.4) is 0 Å². The Balaban J connectivity index is 1.42. The van der Waals surface area contributed by atoms with Gasteiger partial charge < -0.3 is 14.4 Å². The molecule has 0 aromatic heterocycles. The van der Waals surface area contributed by atoms with Gasteiger partial charge in [0.15, 0.2) is 0 Å². The fourth-order valence-corrected chi connectivity index (χ4v) is 5.27. The zero-order valence-electron chi connectivity index (χ0n) is 24.4. The van der Waals surface area contributed by atoms with Crippen LogP contribution in [0.5, 0.6) is 5.75 Å². The van der Waals surface area contributed by atoms with Gasteiger partial charge in [-0.15, -0.1) is 0 Å². The highest BCUT2D eigenvalue weighted by molar-refractivity contribution is 6.04. The maximum atomic E-state index is 14.0. The molecule has 0 bridgehead atoms. The minimum absolute atomic E-state index is 0.142. The van der Waals surface area contributed by atoms with Gasteiger partial charge in [-0.25, -0.2) is 9.40 Å². The monoisotopic (exact) mass is 572 g/mol. The molecule has 2 aliphatic rings. The first-order valence-electron chi connectivity index (χ1n) is 14.3. The predicted molar refractivity (Wildman–Crippen MR) is 159 cm³/mol. The Morgan fingerprint density at radius 2 is 1.71 bits per heavy atom. The lowest BCUT2D eigenvalue weighted by Crippen LogP contribution is -2.46. The van der Waals surface area contributed by atoms with Crippen LogP contribution in [0.25, 0.3) is 0 Å². The van der Waals surface area contributed by atoms with Gasteiger partial charge in [-0.1, -0.05) is 24.3 Å². The summed E-state index contributed by atoms with van der Waals surface area (Å²) < 4.78 is 24.5. The zero-order chi connectivity index (χ0) is 29.6. The first-order chi connectivity index (χ1) is 20.3. The SMILES string of the molecule is COc1ccc(C(=O)N(CCN2CCOCC2)CC(=O)N2N=C(c3ccc(C)c(C)c3)CC2c2ccc(F)cc2)cc1. The van der Waals surface area contributed by atoms with Gasteiger partial charge in [-0.3, -0.25) is 14.5 Å². The predicted octanol–water partition coefficient (Wildman–Crippen LogP) is 4.60. The highest BCUT2D eigenvalue weighted by Gasteiger charge is 2.35. The summed E-state index contributed by atoms with van der Waals surface area (Å²) in [6.45, 7) is 7.81. The fourth-order valence-electron chi connectivity index (χ4n) is 5.27. The van der Waals surface area contributed by atoms with E-state index in [2.05, 4.69) is 17.9 Å². The molecule has 8 nitrogen and oxygen atoms in total. The van der Waals surface area contributed by atoms with Crippen LogP contribution in [0, 0.1) is 19.7 Å². The van der Waals surface area contributed by atoms with E-state index in [0.29, 0.717) is 44.0 Å². The molecular weight excluding hydrogens is 535 g/mol. The standard InChI is InChI=1S/C33H37FN4O4/c1-23-4-5-27(20-24(23)2)30-21-31(25-6-10-28(34)11-7-25)38(35-30)32(39)22-37(15-14-36-16-18-42-19-17-36)33(40)26-8-12-29(41-3)13-9-26/h4-13,20,31H,14-19,21-22H2,1-3H3. The molecule has 42 heavy (non-hydrogen) atoms. The number of methoxy groups -OCH3 is 1. The third-order valence-corrected chi connectivity index (χ3v) is 8.00. The molecule has 9 heteroatoms. The number of amides is 2. The molecule has 0 saturated carbocycles. The number of ether oxygens (including phenoxy) is 2. The van der Waals surface area contributed by atoms with E-state index in [0.717, 1.165) is 35.5 Å². The zero-order valence-corrected chi connectivity index (χ0v) is 24.4. The molecular formula is C33H37FN4O4. The van der Waals surface area contributed by atoms with Crippen molar-refractivity contribution >= 4 is 17.5 Å². The number of hydrogen-bond acceptors (Lipinski definition) is 6. The third-order valence-electron chi connectivity index (χ3n) is 8.00. The number of hydrogen-bond donors (Lipinski definition) is 0. The van der Waals surface area contributed by atoms with E-state index in [1.165, 1.54) is 22.7 Å². The number of rotatable bonds is 9. The van der Waals surface area contributed by atoms with Gasteiger partial charge in [0.25, 0.3) is 11.8 Å². The molecule has 220 valence electrons. The van der Waals surface area contributed by atoms with Crippen molar-refractivity contribution in [1.82, 2.24) is 14.8 Å². The Hall–Kier alpha value is -4.08. The molecule has 0 spiro atoms. The number of carbonyl (C=O) groups is 2. The molecule has 1 fully saturated rings. The molecule has 0 aliphatic carbocycles. The van der Waals surface area contributed by atoms with Crippen molar-refractivity contribution in [2.45, 2.75) is 26.3 Å². The van der Waals surface area contributed by atoms with E-state index in [-0.39, 0.29) is 24.2 Å². The van der Waals surface area contributed by atoms with Gasteiger partial charge in [0.1, 0.15) is 18.1 Å². The summed E-state index contributed by atoms with van der Waals surface area (Å²) in [5.41, 5.74) is 5.29. The summed E-state index contributed by atoms with van der Waals surface area (Å²) in [6.07, 6.45) is 0.486. The van der Waals surface area contributed by atoms with Crippen LogP contribution in [-0.2, 0) is 9.53 Å². The van der Waals surface area contributed by atoms with Gasteiger partial charge in [0, 0.05) is 38.2 Å². The number of morpholine rings is 1. The summed E-state index contributed by atoms with van der Waals surface area (Å²) >= 11 is 0. The minimum Gasteiger partial charge on any atom is -0.497 e. The van der Waals surface area contributed by atoms with Crippen molar-refractivity contribution in [2.24, 2.45) is 5.10 Å². The number of carbonyl (C=O) groups excluding carboxylic acids is 2. The van der Waals surface area contributed by atoms with E-state index in [9.17, 15) is 14.0 Å². The smallest absolute Gasteiger partial charge is 0.262 e. The summed E-state index contributed by atoms with van der Waals surface area (Å²) in [7, 11) is 1.57. The van der Waals surface area contributed by atoms with Gasteiger partial charge in [-0.2, -0.15) is 5.10 Å². The van der Waals surface area contributed by atoms with Crippen LogP contribution in [0.15, 0.2) is 71.8 Å². The Labute approximate surface area is 246 Å². The average Bonchev–Trinajstić information content (AvgIpc) is 3.47. The summed E-state index contributed by atoms with van der Waals surface area (Å²) in [5, 5.41) is 6.27. The average molecular weight is 573 g/mol. The quantitative estimate of drug-likeness (QED) is 0.375. The number of benzene rings is 3. The normalized spacial score (nSPS) is 17.2. The molecule has 3 aromatic rings. The molecule has 2 amide bonds. The Morgan fingerprint density at radius 3 is 2.38 bits per heavy atom. The number of aryl methyl sites for hydroxylation is 2. The van der Waals surface area contributed by atoms with E-state index in [1.807, 2.05) is 19.1 Å². The first-order valence-corrected chi connectivity index (χ1v) is 14.3. The van der Waals surface area contributed by atoms with Gasteiger partial charge >= 0.3 is 0 Å². The second-order valence-electron chi connectivity index (χ2n) is 10.8. The molecule has 3 aromatic carbocycles. The van der Waals surface area contributed by atoms with E-state index in [4.69, 9.17) is 14.6 Å². The van der Waals surface area contributed by atoms with Crippen molar-refractivity contribution in [2.75, 3.05) is 53.0 Å². The van der Waals surface area contributed by atoms with Gasteiger partial charge in [0.2, 0.25) is 0 Å². The molecule has 1 unspecified atom stereocenters. The highest BCUT2D eigenvalue weighted by Crippen LogP contribution is 2.33. The second kappa shape index (κ2) is 13.3. The van der Waals surface area contributed by atoms with Crippen LogP contribution >= 0.6 is 0 Å². The summed E-state index contributed by atoms with van der Waals surface area (Å²) in [5.74, 6) is -0.235. The maximum absolute atomic E-state index is 14.0. The van der Waals surface area contributed by atoms with Crippen LogP contribution in [0.2, 0.25) is 0 Å². The van der Waals surface area contributed by atoms with Crippen molar-refractivity contribution in [3.63, 3.8) is 0 Å². The Bertz CT molecular complexity index is 1440. The molecule has 5 rings (SSSR count). The molecule has 2 aliphatic heterocycles. The minimum atomic E-state index is -0.410. The van der Waals surface area contributed by atoms with Crippen molar-refractivity contribution in [1.29, 1.82) is 0 Å². The topological polar surface area (TPSA) is 74.7 Å². The first kappa shape index (κ1) is 29.4. The van der Waals surface area contributed by atoms with Crippen LogP contribution in [0.1, 0.15) is 45.1 Å². The largest absolute Gasteiger partial charge is 0.497 e. The lowest BCUT2D eigenvalue weighted by molar-refractivity contribution is -0.133. The molecule has 1 atom stereocenters. The Morgan fingerprint density at radius 1 is 1.00 bits per heavy atom. The van der Waals surface area contributed by atoms with E-state index >= 15 is 0 Å². The van der Waals surface area contributed by atoms with Crippen molar-refractivity contribution in [3.8, 4) is 5.75 Å². The summed E-state index contributed by atoms with van der Waals surface area (Å²) in [6, 6.07) is 18.8. The molecule has 1 saturated heterocycles. The lowest BCUT2D eigenvalue weighted by Gasteiger charge is -2.31. The third kappa shape index (κ3) is 6.86. The molecule has 0 radical (unpaired) electrons.